The first kappa shape index (κ1) is 17.8. The van der Waals surface area contributed by atoms with Crippen molar-refractivity contribution < 1.29 is 14.6 Å². The van der Waals surface area contributed by atoms with Crippen LogP contribution in [0.5, 0.6) is 0 Å². The molecule has 10 heteroatoms. The van der Waals surface area contributed by atoms with Gasteiger partial charge in [0.2, 0.25) is 5.91 Å². The van der Waals surface area contributed by atoms with Gasteiger partial charge in [-0.3, -0.25) is 25.0 Å². The number of carbonyl (C=O) groups excluding carboxylic acids is 1. The number of nitro benzene ring substituents is 2. The fourth-order valence-electron chi connectivity index (χ4n) is 2.06. The first-order valence-electron chi connectivity index (χ1n) is 7.27. The molecule has 0 aliphatic rings. The van der Waals surface area contributed by atoms with Gasteiger partial charge < -0.3 is 10.6 Å². The molecule has 0 fully saturated rings. The van der Waals surface area contributed by atoms with Gasteiger partial charge in [-0.05, 0) is 25.1 Å². The fraction of sp³-hybridized carbons (Fsp3) is 0.200. The van der Waals surface area contributed by atoms with Gasteiger partial charge in [0, 0.05) is 24.7 Å². The normalized spacial score (nSPS) is 10.1. The van der Waals surface area contributed by atoms with Crippen molar-refractivity contribution in [1.29, 1.82) is 0 Å². The summed E-state index contributed by atoms with van der Waals surface area (Å²) in [6, 6.07) is 8.49. The highest BCUT2D eigenvalue weighted by Gasteiger charge is 2.19. The van der Waals surface area contributed by atoms with Crippen LogP contribution in [0.2, 0.25) is 0 Å². The molecule has 0 atom stereocenters. The van der Waals surface area contributed by atoms with Crippen molar-refractivity contribution >= 4 is 28.8 Å². The Morgan fingerprint density at radius 1 is 1.16 bits per heavy atom. The summed E-state index contributed by atoms with van der Waals surface area (Å²) in [5.74, 6) is 0.112. The molecule has 1 aromatic heterocycles. The van der Waals surface area contributed by atoms with Crippen molar-refractivity contribution in [3.8, 4) is 0 Å². The van der Waals surface area contributed by atoms with Crippen LogP contribution in [0.25, 0.3) is 0 Å². The molecule has 25 heavy (non-hydrogen) atoms. The van der Waals surface area contributed by atoms with Crippen LogP contribution in [0.4, 0.5) is 22.9 Å². The molecule has 0 unspecified atom stereocenters. The second-order valence-electron chi connectivity index (χ2n) is 5.10. The Balaban J connectivity index is 1.96. The molecule has 1 amide bonds. The Bertz CT molecular complexity index is 824. The molecule has 0 saturated heterocycles. The van der Waals surface area contributed by atoms with Crippen molar-refractivity contribution in [3.63, 3.8) is 0 Å². The SMILES string of the molecule is Cc1cccc(NC(=O)CCNc2ccc([N+](=O)[O-])cc2[N+](=O)[O-])n1. The highest BCUT2D eigenvalue weighted by Crippen LogP contribution is 2.28. The topological polar surface area (TPSA) is 140 Å². The van der Waals surface area contributed by atoms with E-state index in [-0.39, 0.29) is 30.2 Å². The van der Waals surface area contributed by atoms with E-state index in [1.807, 2.05) is 0 Å². The van der Waals surface area contributed by atoms with Crippen molar-refractivity contribution in [1.82, 2.24) is 4.98 Å². The molecule has 0 saturated carbocycles. The van der Waals surface area contributed by atoms with Crippen LogP contribution in [-0.4, -0.2) is 27.3 Å². The molecular formula is C15H15N5O5. The summed E-state index contributed by atoms with van der Waals surface area (Å²) in [6.07, 6.45) is 0.0454. The van der Waals surface area contributed by atoms with Gasteiger partial charge >= 0.3 is 0 Å². The van der Waals surface area contributed by atoms with Crippen LogP contribution >= 0.6 is 0 Å². The van der Waals surface area contributed by atoms with E-state index in [1.165, 1.54) is 6.07 Å². The fourth-order valence-corrected chi connectivity index (χ4v) is 2.06. The van der Waals surface area contributed by atoms with E-state index >= 15 is 0 Å². The van der Waals surface area contributed by atoms with Crippen LogP contribution in [0.1, 0.15) is 12.1 Å². The molecule has 2 aromatic rings. The average Bonchev–Trinajstić information content (AvgIpc) is 2.54. The number of nitro groups is 2. The smallest absolute Gasteiger partial charge is 0.299 e. The first-order chi connectivity index (χ1) is 11.9. The lowest BCUT2D eigenvalue weighted by Crippen LogP contribution is -2.17. The third kappa shape index (κ3) is 4.96. The van der Waals surface area contributed by atoms with Crippen LogP contribution < -0.4 is 10.6 Å². The second kappa shape index (κ2) is 7.81. The van der Waals surface area contributed by atoms with Gasteiger partial charge in [0.25, 0.3) is 11.4 Å². The molecule has 10 nitrogen and oxygen atoms in total. The molecule has 1 aromatic carbocycles. The Morgan fingerprint density at radius 2 is 1.92 bits per heavy atom. The second-order valence-corrected chi connectivity index (χ2v) is 5.10. The zero-order valence-corrected chi connectivity index (χ0v) is 13.3. The maximum atomic E-state index is 11.9. The molecule has 130 valence electrons. The van der Waals surface area contributed by atoms with E-state index in [4.69, 9.17) is 0 Å². The monoisotopic (exact) mass is 345 g/mol. The third-order valence-electron chi connectivity index (χ3n) is 3.21. The summed E-state index contributed by atoms with van der Waals surface area (Å²) >= 11 is 0. The summed E-state index contributed by atoms with van der Waals surface area (Å²) in [5, 5.41) is 27.1. The number of aryl methyl sites for hydroxylation is 1. The minimum atomic E-state index is -0.716. The number of carbonyl (C=O) groups is 1. The number of aromatic nitrogens is 1. The molecule has 0 radical (unpaired) electrons. The van der Waals surface area contributed by atoms with Crippen molar-refractivity contribution in [2.24, 2.45) is 0 Å². The number of hydrogen-bond acceptors (Lipinski definition) is 7. The predicted octanol–water partition coefficient (Wildman–Crippen LogP) is 2.65. The summed E-state index contributed by atoms with van der Waals surface area (Å²) in [5.41, 5.74) is 0.0741. The van der Waals surface area contributed by atoms with Gasteiger partial charge in [-0.15, -0.1) is 0 Å². The Labute approximate surface area is 142 Å². The number of amides is 1. The molecule has 0 aliphatic carbocycles. The summed E-state index contributed by atoms with van der Waals surface area (Å²) in [4.78, 5) is 36.3. The van der Waals surface area contributed by atoms with E-state index < -0.39 is 15.5 Å². The van der Waals surface area contributed by atoms with Gasteiger partial charge in [-0.25, -0.2) is 4.98 Å². The summed E-state index contributed by atoms with van der Waals surface area (Å²) < 4.78 is 0. The van der Waals surface area contributed by atoms with Crippen molar-refractivity contribution in [2.45, 2.75) is 13.3 Å². The van der Waals surface area contributed by atoms with E-state index in [0.717, 1.165) is 17.8 Å². The minimum Gasteiger partial charge on any atom is -0.379 e. The third-order valence-corrected chi connectivity index (χ3v) is 3.21. The van der Waals surface area contributed by atoms with Crippen molar-refractivity contribution in [3.05, 3.63) is 62.3 Å². The van der Waals surface area contributed by atoms with Gasteiger partial charge in [0.1, 0.15) is 11.5 Å². The lowest BCUT2D eigenvalue weighted by molar-refractivity contribution is -0.393. The zero-order chi connectivity index (χ0) is 18.4. The number of non-ortho nitro benzene ring substituents is 1. The van der Waals surface area contributed by atoms with Gasteiger partial charge in [0.15, 0.2) is 0 Å². The lowest BCUT2D eigenvalue weighted by Gasteiger charge is -2.08. The number of benzene rings is 1. The van der Waals surface area contributed by atoms with E-state index in [2.05, 4.69) is 15.6 Å². The number of pyridine rings is 1. The van der Waals surface area contributed by atoms with Crippen molar-refractivity contribution in [2.75, 3.05) is 17.2 Å². The Kier molecular flexibility index (Phi) is 5.56. The summed E-state index contributed by atoms with van der Waals surface area (Å²) in [6.45, 7) is 1.92. The highest BCUT2D eigenvalue weighted by molar-refractivity contribution is 5.90. The number of rotatable bonds is 7. The van der Waals surface area contributed by atoms with Crippen LogP contribution in [-0.2, 0) is 4.79 Å². The number of nitrogens with one attached hydrogen (secondary N) is 2. The van der Waals surface area contributed by atoms with Crippen LogP contribution in [0.15, 0.2) is 36.4 Å². The molecule has 1 heterocycles. The maximum absolute atomic E-state index is 11.9. The van der Waals surface area contributed by atoms with E-state index in [1.54, 1.807) is 25.1 Å². The molecule has 0 aliphatic heterocycles. The molecule has 0 bridgehead atoms. The zero-order valence-electron chi connectivity index (χ0n) is 13.3. The standard InChI is InChI=1S/C15H15N5O5/c1-10-3-2-4-14(17-10)18-15(21)7-8-16-12-6-5-11(19(22)23)9-13(12)20(24)25/h2-6,9,16H,7-8H2,1H3,(H,17,18,21). The maximum Gasteiger partial charge on any atom is 0.299 e. The largest absolute Gasteiger partial charge is 0.379 e. The number of anilines is 2. The minimum absolute atomic E-state index is 0.0454. The highest BCUT2D eigenvalue weighted by atomic mass is 16.6. The van der Waals surface area contributed by atoms with Gasteiger partial charge in [-0.2, -0.15) is 0 Å². The van der Waals surface area contributed by atoms with Gasteiger partial charge in [-0.1, -0.05) is 6.07 Å². The molecule has 0 spiro atoms. The number of nitrogens with zero attached hydrogens (tertiary/aromatic N) is 3. The molecular weight excluding hydrogens is 330 g/mol. The lowest BCUT2D eigenvalue weighted by atomic mass is 10.2. The predicted molar refractivity (Wildman–Crippen MR) is 90.5 cm³/mol. The average molecular weight is 345 g/mol. The molecule has 2 rings (SSSR count). The Hall–Kier alpha value is -3.56. The molecule has 2 N–H and O–H groups in total. The first-order valence-corrected chi connectivity index (χ1v) is 7.27. The van der Waals surface area contributed by atoms with Crippen LogP contribution in [0.3, 0.4) is 0 Å². The summed E-state index contributed by atoms with van der Waals surface area (Å²) in [7, 11) is 0. The number of hydrogen-bond donors (Lipinski definition) is 2. The van der Waals surface area contributed by atoms with Gasteiger partial charge in [0.05, 0.1) is 15.9 Å². The Morgan fingerprint density at radius 3 is 2.56 bits per heavy atom. The van der Waals surface area contributed by atoms with Crippen LogP contribution in [0, 0.1) is 27.2 Å². The quantitative estimate of drug-likeness (QED) is 0.580. The van der Waals surface area contributed by atoms with E-state index in [0.29, 0.717) is 5.82 Å². The van der Waals surface area contributed by atoms with E-state index in [9.17, 15) is 25.0 Å².